The Morgan fingerprint density at radius 3 is 2.44 bits per heavy atom. The van der Waals surface area contributed by atoms with E-state index in [1.165, 1.54) is 11.8 Å². The van der Waals surface area contributed by atoms with E-state index in [0.29, 0.717) is 30.6 Å². The number of carbonyl (C=O) groups excluding carboxylic acids is 3. The van der Waals surface area contributed by atoms with Gasteiger partial charge < -0.3 is 10.6 Å². The predicted octanol–water partition coefficient (Wildman–Crippen LogP) is 3.60. The van der Waals surface area contributed by atoms with Gasteiger partial charge in [0.25, 0.3) is 5.91 Å². The molecule has 0 aromatic heterocycles. The molecule has 1 saturated heterocycles. The number of nitrogens with one attached hydrogen (secondary N) is 2. The molecule has 0 radical (unpaired) electrons. The zero-order valence-corrected chi connectivity index (χ0v) is 15.6. The molecule has 1 fully saturated rings. The van der Waals surface area contributed by atoms with Crippen LogP contribution in [0.4, 0.5) is 17.1 Å². The van der Waals surface area contributed by atoms with Gasteiger partial charge in [0.2, 0.25) is 11.8 Å². The summed E-state index contributed by atoms with van der Waals surface area (Å²) in [6.45, 7) is 1.79. The summed E-state index contributed by atoms with van der Waals surface area (Å²) in [7, 11) is 0. The number of nitrogens with zero attached hydrogens (tertiary/aromatic N) is 1. The summed E-state index contributed by atoms with van der Waals surface area (Å²) < 4.78 is 0. The van der Waals surface area contributed by atoms with Gasteiger partial charge in [-0.05, 0) is 42.8 Å². The molecular formula is C20H19N3O3S. The second-order valence-corrected chi connectivity index (χ2v) is 7.84. The molecule has 2 aliphatic heterocycles. The summed E-state index contributed by atoms with van der Waals surface area (Å²) in [6.07, 6.45) is 1.24. The standard InChI is InChI=1S/C20H19N3O3S/c1-2-17(24)21-13-7-9-14(10-8-13)22-19(26)20-12-11-18(25)23(20)15-5-3-4-6-16(15)27-20/h3-10H,2,11-12H2,1H3,(H,21,24)(H,22,26)/t20-/m0/s1. The van der Waals surface area contributed by atoms with Gasteiger partial charge in [-0.3, -0.25) is 19.3 Å². The molecule has 6 nitrogen and oxygen atoms in total. The summed E-state index contributed by atoms with van der Waals surface area (Å²) in [5.74, 6) is -0.300. The van der Waals surface area contributed by atoms with Crippen molar-refractivity contribution in [2.45, 2.75) is 36.0 Å². The van der Waals surface area contributed by atoms with E-state index >= 15 is 0 Å². The smallest absolute Gasteiger partial charge is 0.261 e. The van der Waals surface area contributed by atoms with Gasteiger partial charge in [-0.25, -0.2) is 0 Å². The third kappa shape index (κ3) is 2.98. The summed E-state index contributed by atoms with van der Waals surface area (Å²) in [4.78, 5) is 38.7. The molecule has 27 heavy (non-hydrogen) atoms. The van der Waals surface area contributed by atoms with Gasteiger partial charge in [-0.15, -0.1) is 0 Å². The number of hydrogen-bond acceptors (Lipinski definition) is 4. The quantitative estimate of drug-likeness (QED) is 0.848. The van der Waals surface area contributed by atoms with Crippen molar-refractivity contribution in [3.63, 3.8) is 0 Å². The van der Waals surface area contributed by atoms with Crippen LogP contribution < -0.4 is 15.5 Å². The van der Waals surface area contributed by atoms with Gasteiger partial charge in [0.15, 0.2) is 4.87 Å². The Morgan fingerprint density at radius 1 is 1.07 bits per heavy atom. The molecule has 0 bridgehead atoms. The Kier molecular flexibility index (Phi) is 4.39. The fourth-order valence-corrected chi connectivity index (χ4v) is 4.83. The van der Waals surface area contributed by atoms with Crippen molar-refractivity contribution < 1.29 is 14.4 Å². The van der Waals surface area contributed by atoms with E-state index in [-0.39, 0.29) is 17.7 Å². The highest BCUT2D eigenvalue weighted by atomic mass is 32.2. The van der Waals surface area contributed by atoms with Crippen LogP contribution in [0, 0.1) is 0 Å². The molecule has 2 heterocycles. The van der Waals surface area contributed by atoms with Crippen molar-refractivity contribution in [2.24, 2.45) is 0 Å². The van der Waals surface area contributed by atoms with Gasteiger partial charge in [0, 0.05) is 29.1 Å². The van der Waals surface area contributed by atoms with E-state index in [4.69, 9.17) is 0 Å². The maximum absolute atomic E-state index is 13.1. The van der Waals surface area contributed by atoms with Crippen molar-refractivity contribution in [1.29, 1.82) is 0 Å². The van der Waals surface area contributed by atoms with Crippen LogP contribution in [0.5, 0.6) is 0 Å². The first-order chi connectivity index (χ1) is 13.0. The van der Waals surface area contributed by atoms with E-state index < -0.39 is 4.87 Å². The number of para-hydroxylation sites is 1. The molecule has 2 N–H and O–H groups in total. The normalized spacial score (nSPS) is 20.2. The van der Waals surface area contributed by atoms with Gasteiger partial charge in [-0.2, -0.15) is 0 Å². The molecule has 0 aliphatic carbocycles. The average Bonchev–Trinajstić information content (AvgIpc) is 3.19. The van der Waals surface area contributed by atoms with Crippen LogP contribution >= 0.6 is 11.8 Å². The zero-order valence-electron chi connectivity index (χ0n) is 14.8. The largest absolute Gasteiger partial charge is 0.326 e. The first kappa shape index (κ1) is 17.6. The lowest BCUT2D eigenvalue weighted by Crippen LogP contribution is -2.49. The number of thioether (sulfide) groups is 1. The number of benzene rings is 2. The third-order valence-electron chi connectivity index (χ3n) is 4.78. The molecule has 7 heteroatoms. The molecule has 2 aliphatic rings. The maximum Gasteiger partial charge on any atom is 0.261 e. The molecule has 138 valence electrons. The van der Waals surface area contributed by atoms with Gasteiger partial charge in [0.05, 0.1) is 5.69 Å². The Bertz CT molecular complexity index is 928. The van der Waals surface area contributed by atoms with Crippen LogP contribution in [0.1, 0.15) is 26.2 Å². The predicted molar refractivity (Wildman–Crippen MR) is 106 cm³/mol. The second-order valence-electron chi connectivity index (χ2n) is 6.52. The molecule has 1 atom stereocenters. The minimum Gasteiger partial charge on any atom is -0.326 e. The van der Waals surface area contributed by atoms with Crippen molar-refractivity contribution in [1.82, 2.24) is 0 Å². The summed E-state index contributed by atoms with van der Waals surface area (Å²) in [5.41, 5.74) is 2.11. The summed E-state index contributed by atoms with van der Waals surface area (Å²) in [5, 5.41) is 5.70. The molecule has 2 aromatic carbocycles. The minimum absolute atomic E-state index is 0.0276. The van der Waals surface area contributed by atoms with E-state index in [9.17, 15) is 14.4 Å². The topological polar surface area (TPSA) is 78.5 Å². The van der Waals surface area contributed by atoms with Gasteiger partial charge in [-0.1, -0.05) is 30.8 Å². The number of rotatable bonds is 4. The second kappa shape index (κ2) is 6.74. The number of fused-ring (bicyclic) bond motifs is 3. The molecule has 0 spiro atoms. The van der Waals surface area contributed by atoms with Crippen LogP contribution in [0.15, 0.2) is 53.4 Å². The lowest BCUT2D eigenvalue weighted by atomic mass is 10.1. The van der Waals surface area contributed by atoms with Crippen LogP contribution in [-0.4, -0.2) is 22.6 Å². The molecule has 0 unspecified atom stereocenters. The maximum atomic E-state index is 13.1. The van der Waals surface area contributed by atoms with E-state index in [0.717, 1.165) is 10.6 Å². The fraction of sp³-hybridized carbons (Fsp3) is 0.250. The Hall–Kier alpha value is -2.80. The molecule has 4 rings (SSSR count). The molecule has 0 saturated carbocycles. The highest BCUT2D eigenvalue weighted by Crippen LogP contribution is 2.55. The fourth-order valence-electron chi connectivity index (χ4n) is 3.41. The lowest BCUT2D eigenvalue weighted by molar-refractivity contribution is -0.121. The van der Waals surface area contributed by atoms with Gasteiger partial charge in [0.1, 0.15) is 0 Å². The van der Waals surface area contributed by atoms with Crippen LogP contribution in [-0.2, 0) is 14.4 Å². The highest BCUT2D eigenvalue weighted by Gasteiger charge is 2.57. The molecule has 2 aromatic rings. The number of hydrogen-bond donors (Lipinski definition) is 2. The van der Waals surface area contributed by atoms with E-state index in [1.807, 2.05) is 24.3 Å². The van der Waals surface area contributed by atoms with Crippen LogP contribution in [0.25, 0.3) is 0 Å². The Labute approximate surface area is 161 Å². The SMILES string of the molecule is CCC(=O)Nc1ccc(NC(=O)[C@@]23CCC(=O)N2c2ccccc2S3)cc1. The average molecular weight is 381 g/mol. The first-order valence-corrected chi connectivity index (χ1v) is 9.67. The first-order valence-electron chi connectivity index (χ1n) is 8.86. The third-order valence-corrected chi connectivity index (χ3v) is 6.25. The summed E-state index contributed by atoms with van der Waals surface area (Å²) in [6, 6.07) is 14.6. The van der Waals surface area contributed by atoms with Crippen molar-refractivity contribution >= 4 is 46.5 Å². The zero-order chi connectivity index (χ0) is 19.0. The number of anilines is 3. The highest BCUT2D eigenvalue weighted by molar-refractivity contribution is 8.02. The minimum atomic E-state index is -0.935. The van der Waals surface area contributed by atoms with Crippen molar-refractivity contribution in [2.75, 3.05) is 15.5 Å². The van der Waals surface area contributed by atoms with Crippen LogP contribution in [0.2, 0.25) is 0 Å². The van der Waals surface area contributed by atoms with E-state index in [2.05, 4.69) is 10.6 Å². The molecular weight excluding hydrogens is 362 g/mol. The van der Waals surface area contributed by atoms with Crippen molar-refractivity contribution in [3.8, 4) is 0 Å². The van der Waals surface area contributed by atoms with Gasteiger partial charge >= 0.3 is 0 Å². The number of carbonyl (C=O) groups is 3. The molecule has 3 amide bonds. The summed E-state index contributed by atoms with van der Waals surface area (Å²) >= 11 is 1.44. The van der Waals surface area contributed by atoms with Crippen LogP contribution in [0.3, 0.4) is 0 Å². The Morgan fingerprint density at radius 2 is 1.74 bits per heavy atom. The Balaban J connectivity index is 1.55. The van der Waals surface area contributed by atoms with Crippen molar-refractivity contribution in [3.05, 3.63) is 48.5 Å². The lowest BCUT2D eigenvalue weighted by Gasteiger charge is -2.29. The van der Waals surface area contributed by atoms with E-state index in [1.54, 1.807) is 36.1 Å². The monoisotopic (exact) mass is 381 g/mol. The number of amides is 3.